The van der Waals surface area contributed by atoms with E-state index in [1.165, 1.54) is 0 Å². The van der Waals surface area contributed by atoms with Crippen LogP contribution in [0.3, 0.4) is 0 Å². The van der Waals surface area contributed by atoms with Crippen molar-refractivity contribution in [3.63, 3.8) is 0 Å². The Balaban J connectivity index is 2.26. The van der Waals surface area contributed by atoms with Crippen LogP contribution in [-0.4, -0.2) is 21.5 Å². The Morgan fingerprint density at radius 2 is 2.00 bits per heavy atom. The van der Waals surface area contributed by atoms with E-state index in [9.17, 15) is 5.11 Å². The van der Waals surface area contributed by atoms with Gasteiger partial charge in [0.2, 0.25) is 0 Å². The molecule has 1 atom stereocenters. The van der Waals surface area contributed by atoms with Gasteiger partial charge in [-0.25, -0.2) is 0 Å². The number of aryl methyl sites for hydroxylation is 2. The molecule has 0 saturated carbocycles. The SMILES string of the molecule is Cc1nn(C)c(Cl)c1CC(CO)c1ccccc1. The van der Waals surface area contributed by atoms with Gasteiger partial charge >= 0.3 is 0 Å². The predicted molar refractivity (Wildman–Crippen MR) is 72.9 cm³/mol. The number of aromatic nitrogens is 2. The van der Waals surface area contributed by atoms with Gasteiger partial charge in [-0.3, -0.25) is 4.68 Å². The average Bonchev–Trinajstić information content (AvgIpc) is 2.62. The minimum absolute atomic E-state index is 0.0617. The van der Waals surface area contributed by atoms with Crippen LogP contribution in [0.5, 0.6) is 0 Å². The Kier molecular flexibility index (Phi) is 4.04. The number of aliphatic hydroxyl groups excluding tert-OH is 1. The Labute approximate surface area is 112 Å². The molecule has 1 aromatic heterocycles. The zero-order valence-electron chi connectivity index (χ0n) is 10.6. The number of hydrogen-bond acceptors (Lipinski definition) is 2. The highest BCUT2D eigenvalue weighted by molar-refractivity contribution is 6.30. The first-order chi connectivity index (χ1) is 8.63. The Morgan fingerprint density at radius 3 is 2.50 bits per heavy atom. The zero-order chi connectivity index (χ0) is 13.1. The number of aliphatic hydroxyl groups is 1. The van der Waals surface area contributed by atoms with Gasteiger partial charge in [-0.2, -0.15) is 5.10 Å². The molecule has 0 aliphatic rings. The minimum Gasteiger partial charge on any atom is -0.396 e. The first-order valence-corrected chi connectivity index (χ1v) is 6.35. The van der Waals surface area contributed by atoms with E-state index in [4.69, 9.17) is 11.6 Å². The van der Waals surface area contributed by atoms with Gasteiger partial charge < -0.3 is 5.11 Å². The molecule has 0 aliphatic heterocycles. The Hall–Kier alpha value is -1.32. The van der Waals surface area contributed by atoms with Crippen LogP contribution in [0.15, 0.2) is 30.3 Å². The number of nitrogens with zero attached hydrogens (tertiary/aromatic N) is 2. The van der Waals surface area contributed by atoms with Crippen LogP contribution in [-0.2, 0) is 13.5 Å². The molecule has 0 aliphatic carbocycles. The molecule has 96 valence electrons. The summed E-state index contributed by atoms with van der Waals surface area (Å²) in [6.07, 6.45) is 0.707. The maximum absolute atomic E-state index is 9.56. The highest BCUT2D eigenvalue weighted by atomic mass is 35.5. The monoisotopic (exact) mass is 264 g/mol. The van der Waals surface area contributed by atoms with E-state index < -0.39 is 0 Å². The molecule has 0 radical (unpaired) electrons. The average molecular weight is 265 g/mol. The standard InChI is InChI=1S/C14H17ClN2O/c1-10-13(14(15)17(2)16-10)8-12(9-18)11-6-4-3-5-7-11/h3-7,12,18H,8-9H2,1-2H3. The van der Waals surface area contributed by atoms with Crippen LogP contribution < -0.4 is 0 Å². The van der Waals surface area contributed by atoms with Gasteiger partial charge in [0.05, 0.1) is 12.3 Å². The zero-order valence-corrected chi connectivity index (χ0v) is 11.4. The summed E-state index contributed by atoms with van der Waals surface area (Å²) in [5, 5.41) is 14.5. The summed E-state index contributed by atoms with van der Waals surface area (Å²) in [4.78, 5) is 0. The third kappa shape index (κ3) is 2.57. The van der Waals surface area contributed by atoms with E-state index in [0.29, 0.717) is 11.6 Å². The van der Waals surface area contributed by atoms with E-state index in [2.05, 4.69) is 5.10 Å². The summed E-state index contributed by atoms with van der Waals surface area (Å²) in [7, 11) is 1.83. The smallest absolute Gasteiger partial charge is 0.130 e. The largest absolute Gasteiger partial charge is 0.396 e. The first-order valence-electron chi connectivity index (χ1n) is 5.97. The first kappa shape index (κ1) is 13.1. The summed E-state index contributed by atoms with van der Waals surface area (Å²) in [5.41, 5.74) is 3.07. The second kappa shape index (κ2) is 5.55. The fraction of sp³-hybridized carbons (Fsp3) is 0.357. The van der Waals surface area contributed by atoms with Gasteiger partial charge in [0, 0.05) is 18.5 Å². The van der Waals surface area contributed by atoms with Crippen LogP contribution in [0, 0.1) is 6.92 Å². The molecular formula is C14H17ClN2O. The van der Waals surface area contributed by atoms with Gasteiger partial charge in [-0.15, -0.1) is 0 Å². The molecular weight excluding hydrogens is 248 g/mol. The number of benzene rings is 1. The van der Waals surface area contributed by atoms with Crippen LogP contribution >= 0.6 is 11.6 Å². The molecule has 0 saturated heterocycles. The lowest BCUT2D eigenvalue weighted by atomic mass is 9.93. The molecule has 1 heterocycles. The van der Waals surface area contributed by atoms with Crippen molar-refractivity contribution in [2.75, 3.05) is 6.61 Å². The topological polar surface area (TPSA) is 38.0 Å². The summed E-state index contributed by atoms with van der Waals surface area (Å²) in [5.74, 6) is 0.0617. The third-order valence-corrected chi connectivity index (χ3v) is 3.68. The molecule has 1 aromatic carbocycles. The molecule has 18 heavy (non-hydrogen) atoms. The van der Waals surface area contributed by atoms with Crippen molar-refractivity contribution in [2.45, 2.75) is 19.3 Å². The highest BCUT2D eigenvalue weighted by Crippen LogP contribution is 2.26. The second-order valence-electron chi connectivity index (χ2n) is 4.47. The van der Waals surface area contributed by atoms with Gasteiger partial charge in [0.1, 0.15) is 5.15 Å². The van der Waals surface area contributed by atoms with E-state index >= 15 is 0 Å². The highest BCUT2D eigenvalue weighted by Gasteiger charge is 2.17. The molecule has 3 nitrogen and oxygen atoms in total. The van der Waals surface area contributed by atoms with E-state index in [0.717, 1.165) is 16.8 Å². The molecule has 0 bridgehead atoms. The summed E-state index contributed by atoms with van der Waals surface area (Å²) < 4.78 is 1.67. The van der Waals surface area contributed by atoms with Crippen molar-refractivity contribution >= 4 is 11.6 Å². The lowest BCUT2D eigenvalue weighted by Gasteiger charge is -2.14. The molecule has 2 rings (SSSR count). The van der Waals surface area contributed by atoms with Crippen LogP contribution in [0.4, 0.5) is 0 Å². The molecule has 0 amide bonds. The van der Waals surface area contributed by atoms with Gasteiger partial charge in [-0.1, -0.05) is 41.9 Å². The van der Waals surface area contributed by atoms with Crippen molar-refractivity contribution < 1.29 is 5.11 Å². The fourth-order valence-electron chi connectivity index (χ4n) is 2.17. The molecule has 0 fully saturated rings. The van der Waals surface area contributed by atoms with E-state index in [1.807, 2.05) is 44.3 Å². The fourth-order valence-corrected chi connectivity index (χ4v) is 2.42. The van der Waals surface area contributed by atoms with Crippen LogP contribution in [0.2, 0.25) is 5.15 Å². The third-order valence-electron chi connectivity index (χ3n) is 3.21. The lowest BCUT2D eigenvalue weighted by Crippen LogP contribution is -2.08. The van der Waals surface area contributed by atoms with E-state index in [1.54, 1.807) is 4.68 Å². The summed E-state index contributed by atoms with van der Waals surface area (Å²) >= 11 is 6.22. The van der Waals surface area contributed by atoms with Crippen LogP contribution in [0.25, 0.3) is 0 Å². The Bertz CT molecular complexity index is 522. The summed E-state index contributed by atoms with van der Waals surface area (Å²) in [6.45, 7) is 2.05. The minimum atomic E-state index is 0.0617. The van der Waals surface area contributed by atoms with E-state index in [-0.39, 0.29) is 12.5 Å². The molecule has 1 unspecified atom stereocenters. The number of hydrogen-bond donors (Lipinski definition) is 1. The molecule has 1 N–H and O–H groups in total. The summed E-state index contributed by atoms with van der Waals surface area (Å²) in [6, 6.07) is 9.99. The van der Waals surface area contributed by atoms with Crippen molar-refractivity contribution in [1.29, 1.82) is 0 Å². The maximum atomic E-state index is 9.56. The van der Waals surface area contributed by atoms with Gasteiger partial charge in [-0.05, 0) is 18.9 Å². The predicted octanol–water partition coefficient (Wildman–Crippen LogP) is 2.70. The normalized spacial score (nSPS) is 12.7. The number of halogens is 1. The van der Waals surface area contributed by atoms with Crippen molar-refractivity contribution in [3.05, 3.63) is 52.3 Å². The molecule has 4 heteroatoms. The lowest BCUT2D eigenvalue weighted by molar-refractivity contribution is 0.264. The van der Waals surface area contributed by atoms with Crippen LogP contribution in [0.1, 0.15) is 22.7 Å². The number of rotatable bonds is 4. The molecule has 2 aromatic rings. The Morgan fingerprint density at radius 1 is 1.33 bits per heavy atom. The van der Waals surface area contributed by atoms with Gasteiger partial charge in [0.25, 0.3) is 0 Å². The second-order valence-corrected chi connectivity index (χ2v) is 4.83. The van der Waals surface area contributed by atoms with Crippen molar-refractivity contribution in [2.24, 2.45) is 7.05 Å². The quantitative estimate of drug-likeness (QED) is 0.922. The van der Waals surface area contributed by atoms with Crippen molar-refractivity contribution in [3.8, 4) is 0 Å². The van der Waals surface area contributed by atoms with Crippen molar-refractivity contribution in [1.82, 2.24) is 9.78 Å². The maximum Gasteiger partial charge on any atom is 0.130 e. The molecule has 0 spiro atoms. The van der Waals surface area contributed by atoms with Gasteiger partial charge in [0.15, 0.2) is 0 Å².